The SMILES string of the molecule is CC(C)(C)C(N)CC(=O)C1CCCCC1. The Morgan fingerprint density at radius 3 is 2.27 bits per heavy atom. The molecule has 15 heavy (non-hydrogen) atoms. The lowest BCUT2D eigenvalue weighted by Gasteiger charge is -2.28. The second-order valence-electron chi connectivity index (χ2n) is 5.98. The van der Waals surface area contributed by atoms with Crippen LogP contribution in [0.2, 0.25) is 0 Å². The van der Waals surface area contributed by atoms with Crippen molar-refractivity contribution in [3.8, 4) is 0 Å². The van der Waals surface area contributed by atoms with Crippen molar-refractivity contribution < 1.29 is 4.79 Å². The first-order chi connectivity index (χ1) is 6.91. The van der Waals surface area contributed by atoms with E-state index in [-0.39, 0.29) is 11.5 Å². The van der Waals surface area contributed by atoms with Gasteiger partial charge in [0.1, 0.15) is 5.78 Å². The van der Waals surface area contributed by atoms with Crippen molar-refractivity contribution in [2.24, 2.45) is 17.1 Å². The van der Waals surface area contributed by atoms with Crippen molar-refractivity contribution in [2.75, 3.05) is 0 Å². The number of hydrogen-bond acceptors (Lipinski definition) is 2. The molecule has 0 aromatic carbocycles. The van der Waals surface area contributed by atoms with E-state index in [0.717, 1.165) is 12.8 Å². The van der Waals surface area contributed by atoms with Crippen LogP contribution in [-0.4, -0.2) is 11.8 Å². The molecule has 2 N–H and O–H groups in total. The summed E-state index contributed by atoms with van der Waals surface area (Å²) in [6.07, 6.45) is 6.50. The lowest BCUT2D eigenvalue weighted by molar-refractivity contribution is -0.124. The molecule has 88 valence electrons. The number of carbonyl (C=O) groups excluding carboxylic acids is 1. The van der Waals surface area contributed by atoms with Gasteiger partial charge >= 0.3 is 0 Å². The molecular weight excluding hydrogens is 186 g/mol. The van der Waals surface area contributed by atoms with Crippen LogP contribution >= 0.6 is 0 Å². The van der Waals surface area contributed by atoms with Crippen molar-refractivity contribution in [3.05, 3.63) is 0 Å². The van der Waals surface area contributed by atoms with Crippen molar-refractivity contribution in [1.82, 2.24) is 0 Å². The number of ketones is 1. The highest BCUT2D eigenvalue weighted by atomic mass is 16.1. The minimum atomic E-state index is 0.00641. The molecule has 1 aliphatic rings. The molecule has 0 spiro atoms. The van der Waals surface area contributed by atoms with Crippen LogP contribution in [0.4, 0.5) is 0 Å². The predicted molar refractivity (Wildman–Crippen MR) is 63.6 cm³/mol. The van der Waals surface area contributed by atoms with E-state index < -0.39 is 0 Å². The second kappa shape index (κ2) is 5.11. The third kappa shape index (κ3) is 3.94. The number of Topliss-reactive ketones (excluding diaryl/α,β-unsaturated/α-hetero) is 1. The molecule has 0 aromatic rings. The number of nitrogens with two attached hydrogens (primary N) is 1. The normalized spacial score (nSPS) is 21.3. The largest absolute Gasteiger partial charge is 0.327 e. The molecule has 1 unspecified atom stereocenters. The second-order valence-corrected chi connectivity index (χ2v) is 5.98. The van der Waals surface area contributed by atoms with Gasteiger partial charge in [0.2, 0.25) is 0 Å². The van der Waals surface area contributed by atoms with Gasteiger partial charge < -0.3 is 5.73 Å². The molecule has 0 saturated heterocycles. The van der Waals surface area contributed by atoms with Gasteiger partial charge in [0, 0.05) is 18.4 Å². The molecule has 0 amide bonds. The summed E-state index contributed by atoms with van der Waals surface area (Å²) >= 11 is 0. The third-order valence-corrected chi connectivity index (χ3v) is 3.59. The Labute approximate surface area is 93.6 Å². The molecule has 2 heteroatoms. The number of rotatable bonds is 3. The fourth-order valence-corrected chi connectivity index (χ4v) is 2.11. The van der Waals surface area contributed by atoms with E-state index in [1.54, 1.807) is 0 Å². The fourth-order valence-electron chi connectivity index (χ4n) is 2.11. The predicted octanol–water partition coefficient (Wildman–Crippen LogP) is 2.90. The molecule has 0 bridgehead atoms. The molecule has 1 saturated carbocycles. The quantitative estimate of drug-likeness (QED) is 0.780. The Hall–Kier alpha value is -0.370. The van der Waals surface area contributed by atoms with Gasteiger partial charge in [-0.2, -0.15) is 0 Å². The van der Waals surface area contributed by atoms with E-state index in [1.165, 1.54) is 19.3 Å². The molecule has 0 heterocycles. The molecule has 1 rings (SSSR count). The maximum absolute atomic E-state index is 12.0. The molecule has 2 nitrogen and oxygen atoms in total. The maximum Gasteiger partial charge on any atom is 0.137 e. The molecule has 0 aliphatic heterocycles. The third-order valence-electron chi connectivity index (χ3n) is 3.59. The zero-order valence-corrected chi connectivity index (χ0v) is 10.4. The summed E-state index contributed by atoms with van der Waals surface area (Å²) in [5.74, 6) is 0.712. The highest BCUT2D eigenvalue weighted by Gasteiger charge is 2.27. The molecular formula is C13H25NO. The van der Waals surface area contributed by atoms with E-state index >= 15 is 0 Å². The molecule has 1 atom stereocenters. The molecule has 0 radical (unpaired) electrons. The van der Waals surface area contributed by atoms with Crippen molar-refractivity contribution in [1.29, 1.82) is 0 Å². The van der Waals surface area contributed by atoms with Gasteiger partial charge in [-0.1, -0.05) is 40.0 Å². The first-order valence-electron chi connectivity index (χ1n) is 6.19. The fraction of sp³-hybridized carbons (Fsp3) is 0.923. The summed E-state index contributed by atoms with van der Waals surface area (Å²) in [5.41, 5.74) is 6.08. The Morgan fingerprint density at radius 1 is 1.27 bits per heavy atom. The Kier molecular flexibility index (Phi) is 4.32. The Morgan fingerprint density at radius 2 is 1.80 bits per heavy atom. The van der Waals surface area contributed by atoms with Gasteiger partial charge in [-0.15, -0.1) is 0 Å². The van der Waals surface area contributed by atoms with Crippen LogP contribution < -0.4 is 5.73 Å². The standard InChI is InChI=1S/C13H25NO/c1-13(2,3)12(14)9-11(15)10-7-5-4-6-8-10/h10,12H,4-9,14H2,1-3H3. The van der Waals surface area contributed by atoms with E-state index in [9.17, 15) is 4.79 Å². The van der Waals surface area contributed by atoms with Crippen LogP contribution in [0.1, 0.15) is 59.3 Å². The Bertz CT molecular complexity index is 211. The van der Waals surface area contributed by atoms with Crippen molar-refractivity contribution in [2.45, 2.75) is 65.3 Å². The van der Waals surface area contributed by atoms with Crippen LogP contribution in [0.5, 0.6) is 0 Å². The van der Waals surface area contributed by atoms with E-state index in [4.69, 9.17) is 5.73 Å². The number of carbonyl (C=O) groups is 1. The summed E-state index contributed by atoms with van der Waals surface area (Å²) in [5, 5.41) is 0. The van der Waals surface area contributed by atoms with Crippen LogP contribution in [-0.2, 0) is 4.79 Å². The summed E-state index contributed by atoms with van der Waals surface area (Å²) in [4.78, 5) is 12.0. The van der Waals surface area contributed by atoms with E-state index in [2.05, 4.69) is 20.8 Å². The lowest BCUT2D eigenvalue weighted by atomic mass is 9.79. The average molecular weight is 211 g/mol. The number of hydrogen-bond donors (Lipinski definition) is 1. The van der Waals surface area contributed by atoms with Gasteiger partial charge in [-0.25, -0.2) is 0 Å². The van der Waals surface area contributed by atoms with Crippen molar-refractivity contribution in [3.63, 3.8) is 0 Å². The van der Waals surface area contributed by atoms with Crippen LogP contribution in [0.3, 0.4) is 0 Å². The zero-order valence-electron chi connectivity index (χ0n) is 10.4. The summed E-state index contributed by atoms with van der Waals surface area (Å²) < 4.78 is 0. The average Bonchev–Trinajstić information content (AvgIpc) is 2.17. The smallest absolute Gasteiger partial charge is 0.137 e. The van der Waals surface area contributed by atoms with Gasteiger partial charge in [-0.3, -0.25) is 4.79 Å². The topological polar surface area (TPSA) is 43.1 Å². The molecule has 1 fully saturated rings. The summed E-state index contributed by atoms with van der Waals surface area (Å²) in [6, 6.07) is 0.00641. The van der Waals surface area contributed by atoms with E-state index in [1.807, 2.05) is 0 Å². The lowest BCUT2D eigenvalue weighted by Crippen LogP contribution is -2.38. The molecule has 0 aromatic heterocycles. The van der Waals surface area contributed by atoms with Gasteiger partial charge in [0.25, 0.3) is 0 Å². The minimum absolute atomic E-state index is 0.00641. The maximum atomic E-state index is 12.0. The zero-order chi connectivity index (χ0) is 11.5. The van der Waals surface area contributed by atoms with E-state index in [0.29, 0.717) is 18.1 Å². The minimum Gasteiger partial charge on any atom is -0.327 e. The first-order valence-corrected chi connectivity index (χ1v) is 6.19. The van der Waals surface area contributed by atoms with Crippen LogP contribution in [0.25, 0.3) is 0 Å². The van der Waals surface area contributed by atoms with Gasteiger partial charge in [0.15, 0.2) is 0 Å². The Balaban J connectivity index is 2.40. The van der Waals surface area contributed by atoms with Crippen molar-refractivity contribution >= 4 is 5.78 Å². The first kappa shape index (κ1) is 12.7. The van der Waals surface area contributed by atoms with Crippen LogP contribution in [0.15, 0.2) is 0 Å². The highest BCUT2D eigenvalue weighted by Crippen LogP contribution is 2.28. The monoisotopic (exact) mass is 211 g/mol. The van der Waals surface area contributed by atoms with Gasteiger partial charge in [-0.05, 0) is 18.3 Å². The summed E-state index contributed by atoms with van der Waals surface area (Å²) in [6.45, 7) is 6.31. The summed E-state index contributed by atoms with van der Waals surface area (Å²) in [7, 11) is 0. The highest BCUT2D eigenvalue weighted by molar-refractivity contribution is 5.81. The molecule has 1 aliphatic carbocycles. The van der Waals surface area contributed by atoms with Crippen LogP contribution in [0, 0.1) is 11.3 Å². The van der Waals surface area contributed by atoms with Gasteiger partial charge in [0.05, 0.1) is 0 Å².